The molecular weight excluding hydrogens is 156 g/mol. The fourth-order valence-electron chi connectivity index (χ4n) is 1.08. The van der Waals surface area contributed by atoms with Gasteiger partial charge in [0, 0.05) is 0 Å². The maximum Gasteiger partial charge on any atom is 0.365 e. The van der Waals surface area contributed by atoms with Gasteiger partial charge in [0.1, 0.15) is 11.6 Å². The van der Waals surface area contributed by atoms with E-state index in [1.165, 1.54) is 0 Å². The Kier molecular flexibility index (Phi) is 1.25. The molecule has 1 N–H and O–H groups in total. The second-order valence-electron chi connectivity index (χ2n) is 2.33. The lowest BCUT2D eigenvalue weighted by Crippen LogP contribution is -1.90. The van der Waals surface area contributed by atoms with Crippen molar-refractivity contribution in [3.8, 4) is 6.07 Å². The summed E-state index contributed by atoms with van der Waals surface area (Å²) in [6, 6.07) is 6.83. The third-order valence-electron chi connectivity index (χ3n) is 1.65. The quantitative estimate of drug-likeness (QED) is 0.624. The lowest BCUT2D eigenvalue weighted by atomic mass is 10.2. The molecule has 2 rings (SSSR count). The molecule has 0 spiro atoms. The van der Waals surface area contributed by atoms with Crippen molar-refractivity contribution in [3.63, 3.8) is 0 Å². The molecule has 0 atom stereocenters. The molecule has 4 nitrogen and oxygen atoms in total. The fraction of sp³-hybridized carbons (Fsp3) is 0. The second-order valence-corrected chi connectivity index (χ2v) is 2.33. The fourth-order valence-corrected chi connectivity index (χ4v) is 1.08. The first-order chi connectivity index (χ1) is 5.83. The Hall–Kier alpha value is -2.02. The summed E-state index contributed by atoms with van der Waals surface area (Å²) < 4.78 is 4.53. The Labute approximate surface area is 67.0 Å². The highest BCUT2D eigenvalue weighted by molar-refractivity contribution is 5.82. The van der Waals surface area contributed by atoms with Gasteiger partial charge < -0.3 is 4.52 Å². The van der Waals surface area contributed by atoms with E-state index in [-0.39, 0.29) is 0 Å². The molecule has 1 aromatic heterocycles. The van der Waals surface area contributed by atoms with Crippen molar-refractivity contribution in [1.29, 1.82) is 5.26 Å². The standard InChI is InChI=1S/C8H4N2O2/c9-4-5-2-1-3-6-7(5)10-12-8(6)11/h1-3,10H. The molecule has 1 aromatic carbocycles. The van der Waals surface area contributed by atoms with E-state index in [4.69, 9.17) is 5.26 Å². The average molecular weight is 160 g/mol. The van der Waals surface area contributed by atoms with E-state index in [1.54, 1.807) is 18.2 Å². The Bertz CT molecular complexity index is 516. The number of nitriles is 1. The van der Waals surface area contributed by atoms with Crippen LogP contribution in [0.5, 0.6) is 0 Å². The number of nitrogens with zero attached hydrogens (tertiary/aromatic N) is 1. The Balaban J connectivity index is 3.02. The second kappa shape index (κ2) is 2.24. The minimum Gasteiger partial charge on any atom is -0.338 e. The van der Waals surface area contributed by atoms with E-state index in [9.17, 15) is 4.79 Å². The van der Waals surface area contributed by atoms with E-state index >= 15 is 0 Å². The predicted molar refractivity (Wildman–Crippen MR) is 41.5 cm³/mol. The molecule has 12 heavy (non-hydrogen) atoms. The predicted octanol–water partition coefficient (Wildman–Crippen LogP) is 0.993. The van der Waals surface area contributed by atoms with Gasteiger partial charge in [0.15, 0.2) is 0 Å². The normalized spacial score (nSPS) is 9.92. The summed E-state index contributed by atoms with van der Waals surface area (Å²) in [6.45, 7) is 0. The summed E-state index contributed by atoms with van der Waals surface area (Å²) in [5.74, 6) is 0. The topological polar surface area (TPSA) is 69.8 Å². The van der Waals surface area contributed by atoms with Gasteiger partial charge in [0.2, 0.25) is 0 Å². The zero-order valence-corrected chi connectivity index (χ0v) is 6.00. The number of benzene rings is 1. The van der Waals surface area contributed by atoms with Crippen LogP contribution in [0.25, 0.3) is 10.9 Å². The van der Waals surface area contributed by atoms with E-state index in [1.807, 2.05) is 6.07 Å². The van der Waals surface area contributed by atoms with Gasteiger partial charge in [-0.15, -0.1) is 0 Å². The van der Waals surface area contributed by atoms with Gasteiger partial charge in [-0.2, -0.15) is 5.26 Å². The molecule has 0 unspecified atom stereocenters. The molecule has 0 saturated carbocycles. The van der Waals surface area contributed by atoms with Crippen LogP contribution in [0.1, 0.15) is 5.56 Å². The van der Waals surface area contributed by atoms with Crippen LogP contribution in [-0.2, 0) is 0 Å². The van der Waals surface area contributed by atoms with Crippen molar-refractivity contribution in [2.45, 2.75) is 0 Å². The van der Waals surface area contributed by atoms with Crippen molar-refractivity contribution < 1.29 is 4.52 Å². The van der Waals surface area contributed by atoms with Gasteiger partial charge in [0.05, 0.1) is 10.9 Å². The number of aromatic nitrogens is 1. The first-order valence-electron chi connectivity index (χ1n) is 3.33. The van der Waals surface area contributed by atoms with Crippen molar-refractivity contribution in [2.24, 2.45) is 0 Å². The summed E-state index contributed by atoms with van der Waals surface area (Å²) in [5.41, 5.74) is 0.436. The first kappa shape index (κ1) is 6.68. The van der Waals surface area contributed by atoms with Crippen LogP contribution >= 0.6 is 0 Å². The van der Waals surface area contributed by atoms with Gasteiger partial charge in [-0.25, -0.2) is 9.95 Å². The molecule has 0 aliphatic carbocycles. The molecule has 0 amide bonds. The molecule has 4 heteroatoms. The number of aromatic amines is 1. The van der Waals surface area contributed by atoms with Crippen LogP contribution < -0.4 is 5.63 Å². The number of hydrogen-bond donors (Lipinski definition) is 1. The summed E-state index contributed by atoms with van der Waals surface area (Å²) in [4.78, 5) is 10.9. The zero-order chi connectivity index (χ0) is 8.55. The van der Waals surface area contributed by atoms with Crippen molar-refractivity contribution >= 4 is 10.9 Å². The Morgan fingerprint density at radius 2 is 2.33 bits per heavy atom. The van der Waals surface area contributed by atoms with Crippen LogP contribution in [0.4, 0.5) is 0 Å². The zero-order valence-electron chi connectivity index (χ0n) is 6.00. The number of nitrogens with one attached hydrogen (secondary N) is 1. The number of para-hydroxylation sites is 1. The van der Waals surface area contributed by atoms with Crippen molar-refractivity contribution in [2.75, 3.05) is 0 Å². The lowest BCUT2D eigenvalue weighted by Gasteiger charge is -1.86. The van der Waals surface area contributed by atoms with Crippen LogP contribution in [0.15, 0.2) is 27.5 Å². The molecule has 0 aliphatic rings. The molecular formula is C8H4N2O2. The van der Waals surface area contributed by atoms with E-state index in [2.05, 4.69) is 9.68 Å². The van der Waals surface area contributed by atoms with Gasteiger partial charge in [0.25, 0.3) is 0 Å². The molecule has 0 aliphatic heterocycles. The molecule has 0 fully saturated rings. The summed E-state index contributed by atoms with van der Waals surface area (Å²) >= 11 is 0. The van der Waals surface area contributed by atoms with E-state index in [0.29, 0.717) is 16.5 Å². The lowest BCUT2D eigenvalue weighted by molar-refractivity contribution is 0.399. The summed E-state index contributed by atoms with van der Waals surface area (Å²) in [6.07, 6.45) is 0. The summed E-state index contributed by atoms with van der Waals surface area (Å²) in [7, 11) is 0. The highest BCUT2D eigenvalue weighted by Gasteiger charge is 2.05. The van der Waals surface area contributed by atoms with Gasteiger partial charge in [-0.3, -0.25) is 0 Å². The smallest absolute Gasteiger partial charge is 0.338 e. The van der Waals surface area contributed by atoms with E-state index in [0.717, 1.165) is 0 Å². The van der Waals surface area contributed by atoms with E-state index < -0.39 is 5.63 Å². The minimum atomic E-state index is -0.442. The molecule has 0 saturated heterocycles. The molecule has 0 radical (unpaired) electrons. The van der Waals surface area contributed by atoms with Gasteiger partial charge in [-0.1, -0.05) is 6.07 Å². The molecule has 0 bridgehead atoms. The SMILES string of the molecule is N#Cc1cccc2c(=O)o[nH]c12. The Morgan fingerprint density at radius 1 is 1.50 bits per heavy atom. The van der Waals surface area contributed by atoms with Crippen LogP contribution in [0.2, 0.25) is 0 Å². The monoisotopic (exact) mass is 160 g/mol. The number of fused-ring (bicyclic) bond motifs is 1. The third-order valence-corrected chi connectivity index (χ3v) is 1.65. The van der Waals surface area contributed by atoms with Gasteiger partial charge in [-0.05, 0) is 12.1 Å². The third kappa shape index (κ3) is 0.736. The van der Waals surface area contributed by atoms with Crippen LogP contribution in [0.3, 0.4) is 0 Å². The number of H-pyrrole nitrogens is 1. The maximum atomic E-state index is 10.9. The minimum absolute atomic E-state index is 0.411. The number of rotatable bonds is 0. The molecule has 58 valence electrons. The Morgan fingerprint density at radius 3 is 3.08 bits per heavy atom. The number of hydrogen-bond acceptors (Lipinski definition) is 3. The average Bonchev–Trinajstić information content (AvgIpc) is 2.48. The highest BCUT2D eigenvalue weighted by Crippen LogP contribution is 2.11. The first-order valence-corrected chi connectivity index (χ1v) is 3.33. The van der Waals surface area contributed by atoms with Crippen molar-refractivity contribution in [3.05, 3.63) is 34.2 Å². The van der Waals surface area contributed by atoms with Crippen molar-refractivity contribution in [1.82, 2.24) is 5.16 Å². The summed E-state index contributed by atoms with van der Waals surface area (Å²) in [5, 5.41) is 11.4. The van der Waals surface area contributed by atoms with Gasteiger partial charge >= 0.3 is 5.63 Å². The largest absolute Gasteiger partial charge is 0.365 e. The highest BCUT2D eigenvalue weighted by atomic mass is 16.5. The molecule has 2 aromatic rings. The maximum absolute atomic E-state index is 10.9. The van der Waals surface area contributed by atoms with Crippen LogP contribution in [0, 0.1) is 11.3 Å². The molecule has 1 heterocycles. The van der Waals surface area contributed by atoms with Crippen LogP contribution in [-0.4, -0.2) is 5.16 Å².